The van der Waals surface area contributed by atoms with Crippen LogP contribution in [0, 0.1) is 23.6 Å². The normalized spacial score (nSPS) is 26.1. The van der Waals surface area contributed by atoms with Crippen molar-refractivity contribution in [2.45, 2.75) is 224 Å². The second kappa shape index (κ2) is 33.6. The van der Waals surface area contributed by atoms with E-state index in [0.29, 0.717) is 50.7 Å². The number of carbonyl (C=O) groups is 11. The Bertz CT molecular complexity index is 2760. The van der Waals surface area contributed by atoms with Gasteiger partial charge >= 0.3 is 6.18 Å². The molecule has 0 bridgehead atoms. The summed E-state index contributed by atoms with van der Waals surface area (Å²) in [5.41, 5.74) is -2.93. The lowest BCUT2D eigenvalue weighted by Crippen LogP contribution is -2.64. The van der Waals surface area contributed by atoms with Crippen LogP contribution in [0.4, 0.5) is 17.6 Å². The van der Waals surface area contributed by atoms with Crippen LogP contribution in [0.2, 0.25) is 0 Å². The Morgan fingerprint density at radius 1 is 0.637 bits per heavy atom. The lowest BCUT2D eigenvalue weighted by atomic mass is 9.84. The number of carbonyl (C=O) groups excluding carboxylic acids is 11. The Balaban J connectivity index is 1.55. The van der Waals surface area contributed by atoms with Gasteiger partial charge in [0.05, 0.1) is 25.2 Å². The first kappa shape index (κ1) is 74.8. The molecule has 4 N–H and O–H groups in total. The molecular weight excluding hydrogens is 1190 g/mol. The topological polar surface area (TPSA) is 259 Å². The van der Waals surface area contributed by atoms with E-state index in [0.717, 1.165) is 52.9 Å². The molecule has 1 spiro atoms. The quantitative estimate of drug-likeness (QED) is 0.198. The van der Waals surface area contributed by atoms with E-state index in [1.807, 2.05) is 27.7 Å². The van der Waals surface area contributed by atoms with Gasteiger partial charge in [-0.1, -0.05) is 105 Å². The monoisotopic (exact) mass is 1290 g/mol. The highest BCUT2D eigenvalue weighted by atomic mass is 19.4. The van der Waals surface area contributed by atoms with Crippen molar-refractivity contribution in [2.75, 3.05) is 68.5 Å². The fourth-order valence-electron chi connectivity index (χ4n) is 13.0. The van der Waals surface area contributed by atoms with Crippen LogP contribution >= 0.6 is 0 Å². The van der Waals surface area contributed by atoms with Crippen LogP contribution in [-0.4, -0.2) is 216 Å². The predicted octanol–water partition coefficient (Wildman–Crippen LogP) is 5.18. The molecule has 2 aliphatic heterocycles. The van der Waals surface area contributed by atoms with Gasteiger partial charge in [-0.05, 0) is 100 Å². The molecule has 0 aromatic heterocycles. The van der Waals surface area contributed by atoms with Crippen LogP contribution in [0.1, 0.15) is 175 Å². The average Bonchev–Trinajstić information content (AvgIpc) is 1.77. The number of alkyl halides is 3. The zero-order valence-electron chi connectivity index (χ0n) is 55.6. The fraction of sp³-hybridized carbons (Fsp3) is 0.738. The van der Waals surface area contributed by atoms with Crippen LogP contribution in [0.25, 0.3) is 0 Å². The largest absolute Gasteiger partial charge is 0.419 e. The number of hydrogen-bond acceptors (Lipinski definition) is 11. The summed E-state index contributed by atoms with van der Waals surface area (Å²) in [6.07, 6.45) is 2.77. The van der Waals surface area contributed by atoms with Crippen molar-refractivity contribution in [3.63, 3.8) is 0 Å². The standard InChI is InChI=1S/C65H101F4N11O11/c1-13-15-24-48-57(85)70-42(6)34-53(82)77(10)50(33-40(3)4)58(86)72-56(41(5)14-2)62(90)76(9)38-54(83)74(7)39-55(84)78(11)51(36-43-22-17-16-18-23-43)61(89)75(8)37-52(81)71-47(29-27-44-26-28-45(46(66)35-44)65(67,68)69)60(88)80-32-21-25-49(80)59(87)73-64(30-19-20-31-64)63(91)79(48)12/h26,28,35,40-43,47-51,56H,13-25,27,29-34,36-39H2,1-12H3,(H,70,85)(H,71,81)(H,72,86)(H,73,87)/t41-,42+,47-,48-,49?,50-,51-,56-/m0/s1. The molecule has 5 rings (SSSR count). The van der Waals surface area contributed by atoms with E-state index < -0.39 is 156 Å². The third kappa shape index (κ3) is 20.1. The maximum absolute atomic E-state index is 15.0. The summed E-state index contributed by atoms with van der Waals surface area (Å²) < 4.78 is 55.8. The van der Waals surface area contributed by atoms with Gasteiger partial charge < -0.3 is 55.6 Å². The number of aryl methyl sites for hydroxylation is 1. The highest BCUT2D eigenvalue weighted by molar-refractivity contribution is 5.99. The van der Waals surface area contributed by atoms with Crippen molar-refractivity contribution in [1.82, 2.24) is 55.6 Å². The van der Waals surface area contributed by atoms with Gasteiger partial charge in [0.15, 0.2) is 0 Å². The van der Waals surface area contributed by atoms with Gasteiger partial charge in [-0.15, -0.1) is 0 Å². The molecule has 2 heterocycles. The summed E-state index contributed by atoms with van der Waals surface area (Å²) in [5.74, 6) is -9.07. The van der Waals surface area contributed by atoms with E-state index in [4.69, 9.17) is 0 Å². The molecule has 1 unspecified atom stereocenters. The molecule has 91 heavy (non-hydrogen) atoms. The number of unbranched alkanes of at least 4 members (excludes halogenated alkanes) is 1. The minimum atomic E-state index is -4.99. The SMILES string of the molecule is CCCC[C@H]1C(=O)N[C@H](C)CC(=O)N(C)[C@@H](CC(C)C)C(=O)N[C@@H]([C@@H](C)CC)C(=O)N(C)CC(=O)N(C)CC(=O)N(C)[C@@H](CC2CCCCC2)C(=O)N(C)CC(=O)N[C@@H](CCc2ccc(C(F)(F)F)c(F)c2)C(=O)N2CCCC2C(=O)NC2(CCCC2)C(=O)N1C. The Morgan fingerprint density at radius 2 is 1.25 bits per heavy atom. The summed E-state index contributed by atoms with van der Waals surface area (Å²) in [6.45, 7) is 9.27. The third-order valence-electron chi connectivity index (χ3n) is 18.9. The van der Waals surface area contributed by atoms with Crippen LogP contribution in [-0.2, 0) is 65.3 Å². The number of likely N-dealkylation sites (N-methyl/N-ethyl adjacent to an activating group) is 6. The van der Waals surface area contributed by atoms with Gasteiger partial charge in [-0.3, -0.25) is 52.7 Å². The maximum atomic E-state index is 15.0. The summed E-state index contributed by atoms with van der Waals surface area (Å²) >= 11 is 0. The highest BCUT2D eigenvalue weighted by Crippen LogP contribution is 2.35. The number of amides is 11. The minimum absolute atomic E-state index is 0.0173. The van der Waals surface area contributed by atoms with Crippen molar-refractivity contribution < 1.29 is 70.3 Å². The lowest BCUT2D eigenvalue weighted by Gasteiger charge is -2.38. The van der Waals surface area contributed by atoms with Gasteiger partial charge in [0, 0.05) is 61.3 Å². The first-order chi connectivity index (χ1) is 42.7. The molecule has 2 aliphatic carbocycles. The van der Waals surface area contributed by atoms with E-state index in [1.165, 1.54) is 61.9 Å². The lowest BCUT2D eigenvalue weighted by molar-refractivity contribution is -0.149. The number of nitrogens with zero attached hydrogens (tertiary/aromatic N) is 7. The Labute approximate surface area is 534 Å². The van der Waals surface area contributed by atoms with E-state index >= 15 is 4.79 Å². The maximum Gasteiger partial charge on any atom is 0.419 e. The molecule has 0 radical (unpaired) electrons. The minimum Gasteiger partial charge on any atom is -0.351 e. The average molecular weight is 1290 g/mol. The third-order valence-corrected chi connectivity index (χ3v) is 18.9. The molecule has 22 nitrogen and oxygen atoms in total. The molecule has 1 aromatic carbocycles. The highest BCUT2D eigenvalue weighted by Gasteiger charge is 2.49. The molecule has 2 saturated heterocycles. The Hall–Kier alpha value is -6.89. The Kier molecular flexibility index (Phi) is 27.6. The fourth-order valence-corrected chi connectivity index (χ4v) is 13.0. The van der Waals surface area contributed by atoms with Crippen molar-refractivity contribution in [1.29, 1.82) is 0 Å². The second-order valence-electron chi connectivity index (χ2n) is 26.5. The van der Waals surface area contributed by atoms with Crippen molar-refractivity contribution in [3.05, 3.63) is 35.1 Å². The predicted molar refractivity (Wildman–Crippen MR) is 332 cm³/mol. The van der Waals surface area contributed by atoms with E-state index in [-0.39, 0.29) is 81.7 Å². The Morgan fingerprint density at radius 3 is 1.86 bits per heavy atom. The van der Waals surface area contributed by atoms with E-state index in [2.05, 4.69) is 21.3 Å². The van der Waals surface area contributed by atoms with Gasteiger partial charge in [-0.2, -0.15) is 13.2 Å². The molecule has 2 saturated carbocycles. The summed E-state index contributed by atoms with van der Waals surface area (Å²) in [7, 11) is 8.50. The van der Waals surface area contributed by atoms with Gasteiger partial charge in [0.1, 0.15) is 47.6 Å². The molecular formula is C65H101F4N11O11. The molecule has 4 aliphatic rings. The summed E-state index contributed by atoms with van der Waals surface area (Å²) in [5, 5.41) is 11.5. The number of fused-ring (bicyclic) bond motifs is 1. The van der Waals surface area contributed by atoms with Crippen LogP contribution in [0.15, 0.2) is 18.2 Å². The van der Waals surface area contributed by atoms with Gasteiger partial charge in [0.25, 0.3) is 0 Å². The van der Waals surface area contributed by atoms with Crippen LogP contribution < -0.4 is 21.3 Å². The van der Waals surface area contributed by atoms with Crippen molar-refractivity contribution >= 4 is 65.0 Å². The first-order valence-electron chi connectivity index (χ1n) is 32.7. The van der Waals surface area contributed by atoms with Crippen LogP contribution in [0.3, 0.4) is 0 Å². The summed E-state index contributed by atoms with van der Waals surface area (Å²) in [4.78, 5) is 168. The zero-order valence-corrected chi connectivity index (χ0v) is 55.6. The van der Waals surface area contributed by atoms with Crippen molar-refractivity contribution in [3.8, 4) is 0 Å². The first-order valence-corrected chi connectivity index (χ1v) is 32.7. The molecule has 8 atom stereocenters. The molecule has 26 heteroatoms. The number of hydrogen-bond donors (Lipinski definition) is 4. The van der Waals surface area contributed by atoms with E-state index in [9.17, 15) is 65.5 Å². The zero-order chi connectivity index (χ0) is 67.8. The molecule has 11 amide bonds. The molecule has 510 valence electrons. The number of rotatable bonds is 12. The molecule has 4 fully saturated rings. The molecule has 1 aromatic rings. The smallest absolute Gasteiger partial charge is 0.351 e. The number of benzene rings is 1. The van der Waals surface area contributed by atoms with Crippen LogP contribution in [0.5, 0.6) is 0 Å². The number of nitrogens with one attached hydrogen (secondary N) is 4. The van der Waals surface area contributed by atoms with Gasteiger partial charge in [-0.25, -0.2) is 4.39 Å². The second-order valence-corrected chi connectivity index (χ2v) is 26.5. The van der Waals surface area contributed by atoms with Crippen molar-refractivity contribution in [2.24, 2.45) is 17.8 Å². The van der Waals surface area contributed by atoms with Gasteiger partial charge in [0.2, 0.25) is 65.0 Å². The number of halogens is 4. The summed E-state index contributed by atoms with van der Waals surface area (Å²) in [6, 6.07) is -5.51. The van der Waals surface area contributed by atoms with E-state index in [1.54, 1.807) is 13.8 Å².